The first-order valence-corrected chi connectivity index (χ1v) is 15.2. The number of halogens is 2. The number of ether oxygens (including phenoxy) is 1. The molecule has 44 heavy (non-hydrogen) atoms. The van der Waals surface area contributed by atoms with Crippen LogP contribution in [0.3, 0.4) is 0 Å². The lowest BCUT2D eigenvalue weighted by Gasteiger charge is -2.41. The Labute approximate surface area is 254 Å². The van der Waals surface area contributed by atoms with Gasteiger partial charge in [0.05, 0.1) is 24.1 Å². The fraction of sp³-hybridized carbons (Fsp3) is 0.455. The normalized spacial score (nSPS) is 24.2. The Morgan fingerprint density at radius 2 is 2.09 bits per heavy atom. The molecule has 2 unspecified atom stereocenters. The van der Waals surface area contributed by atoms with E-state index < -0.39 is 23.6 Å². The number of hydrogen-bond acceptors (Lipinski definition) is 8. The Hall–Kier alpha value is -4.30. The highest BCUT2D eigenvalue weighted by atomic mass is 19.1. The van der Waals surface area contributed by atoms with E-state index in [9.17, 15) is 19.6 Å². The minimum absolute atomic E-state index is 0.00958. The van der Waals surface area contributed by atoms with Crippen molar-refractivity contribution in [3.63, 3.8) is 0 Å². The van der Waals surface area contributed by atoms with Crippen molar-refractivity contribution in [3.05, 3.63) is 53.6 Å². The predicted molar refractivity (Wildman–Crippen MR) is 160 cm³/mol. The number of aromatic nitrogens is 2. The molecule has 9 nitrogen and oxygen atoms in total. The van der Waals surface area contributed by atoms with Crippen LogP contribution in [-0.2, 0) is 11.2 Å². The van der Waals surface area contributed by atoms with Crippen molar-refractivity contribution in [1.29, 1.82) is 5.26 Å². The number of hydrogen-bond donors (Lipinski definition) is 1. The summed E-state index contributed by atoms with van der Waals surface area (Å²) in [7, 11) is 2.03. The van der Waals surface area contributed by atoms with Gasteiger partial charge in [0.2, 0.25) is 0 Å². The van der Waals surface area contributed by atoms with Crippen molar-refractivity contribution in [2.24, 2.45) is 5.92 Å². The van der Waals surface area contributed by atoms with E-state index in [0.717, 1.165) is 37.8 Å². The molecule has 2 aliphatic carbocycles. The summed E-state index contributed by atoms with van der Waals surface area (Å²) in [5.74, 6) is -1.41. The van der Waals surface area contributed by atoms with Gasteiger partial charge in [-0.1, -0.05) is 24.8 Å². The molecule has 2 aromatic carbocycles. The molecule has 4 aliphatic rings. The van der Waals surface area contributed by atoms with E-state index in [-0.39, 0.29) is 60.3 Å². The number of carbonyl (C=O) groups excluding carboxylic acids is 1. The van der Waals surface area contributed by atoms with Crippen molar-refractivity contribution in [3.8, 4) is 29.0 Å². The van der Waals surface area contributed by atoms with Gasteiger partial charge >= 0.3 is 6.01 Å². The average Bonchev–Trinajstić information content (AvgIpc) is 3.50. The van der Waals surface area contributed by atoms with Gasteiger partial charge in [-0.3, -0.25) is 4.79 Å². The molecule has 2 saturated heterocycles. The lowest BCUT2D eigenvalue weighted by molar-refractivity contribution is -0.131. The number of nitriles is 1. The Morgan fingerprint density at radius 3 is 2.84 bits per heavy atom. The van der Waals surface area contributed by atoms with Gasteiger partial charge in [0.15, 0.2) is 11.6 Å². The van der Waals surface area contributed by atoms with Gasteiger partial charge < -0.3 is 24.5 Å². The zero-order valence-corrected chi connectivity index (χ0v) is 24.6. The third-order valence-corrected chi connectivity index (χ3v) is 9.82. The quantitative estimate of drug-likeness (QED) is 0.390. The van der Waals surface area contributed by atoms with Crippen molar-refractivity contribution >= 4 is 22.6 Å². The van der Waals surface area contributed by atoms with E-state index in [1.165, 1.54) is 16.5 Å². The molecule has 0 radical (unpaired) electrons. The van der Waals surface area contributed by atoms with Gasteiger partial charge in [-0.05, 0) is 73.9 Å². The molecule has 1 saturated carbocycles. The number of carbonyl (C=O) groups is 1. The standard InChI is InChI=1S/C33H34F2N6O3/c1-18(34)32(43)41-12-11-40(16-20(41)8-9-36)31-26-15-27(42)28(23-7-3-6-22-24-13-19(24)14-25(22)23)29(35)30(26)37-33(38-31)44-17-21-5-4-10-39(21)2/h3,6-7,15,19-21,24,42H,1,4-5,8,10-14,16-17H2,2H3/t19?,20-,21-,24?/m0/s1. The van der Waals surface area contributed by atoms with Crippen LogP contribution in [0.15, 0.2) is 36.7 Å². The first-order chi connectivity index (χ1) is 21.2. The summed E-state index contributed by atoms with van der Waals surface area (Å²) < 4.78 is 36.6. The van der Waals surface area contributed by atoms with Crippen LogP contribution in [0.4, 0.5) is 14.6 Å². The molecule has 1 aromatic heterocycles. The van der Waals surface area contributed by atoms with Crippen LogP contribution >= 0.6 is 0 Å². The second kappa shape index (κ2) is 11.0. The molecule has 11 heteroatoms. The highest BCUT2D eigenvalue weighted by molar-refractivity contribution is 5.97. The van der Waals surface area contributed by atoms with Crippen molar-refractivity contribution in [2.45, 2.75) is 50.1 Å². The third kappa shape index (κ3) is 4.81. The lowest BCUT2D eigenvalue weighted by Crippen LogP contribution is -2.55. The minimum Gasteiger partial charge on any atom is -0.507 e. The first-order valence-electron chi connectivity index (χ1n) is 15.2. The maximum absolute atomic E-state index is 16.7. The van der Waals surface area contributed by atoms with E-state index in [1.807, 2.05) is 24.1 Å². The molecule has 3 heterocycles. The number of fused-ring (bicyclic) bond motifs is 4. The summed E-state index contributed by atoms with van der Waals surface area (Å²) >= 11 is 0. The highest BCUT2D eigenvalue weighted by Crippen LogP contribution is 2.58. The molecular weight excluding hydrogens is 566 g/mol. The van der Waals surface area contributed by atoms with Gasteiger partial charge in [0.25, 0.3) is 5.91 Å². The van der Waals surface area contributed by atoms with Crippen LogP contribution in [-0.4, -0.2) is 82.7 Å². The second-order valence-electron chi connectivity index (χ2n) is 12.4. The van der Waals surface area contributed by atoms with Crippen molar-refractivity contribution < 1.29 is 23.4 Å². The maximum Gasteiger partial charge on any atom is 0.319 e. The number of nitrogens with zero attached hydrogens (tertiary/aromatic N) is 6. The molecule has 228 valence electrons. The lowest BCUT2D eigenvalue weighted by atomic mass is 9.92. The van der Waals surface area contributed by atoms with Gasteiger partial charge in [-0.25, -0.2) is 8.78 Å². The summed E-state index contributed by atoms with van der Waals surface area (Å²) in [4.78, 5) is 27.0. The van der Waals surface area contributed by atoms with Crippen molar-refractivity contribution in [1.82, 2.24) is 19.8 Å². The van der Waals surface area contributed by atoms with Gasteiger partial charge in [0, 0.05) is 31.1 Å². The molecule has 4 atom stereocenters. The first kappa shape index (κ1) is 28.5. The van der Waals surface area contributed by atoms with E-state index in [1.54, 1.807) is 0 Å². The largest absolute Gasteiger partial charge is 0.507 e. The number of likely N-dealkylation sites (N-methyl/N-ethyl adjacent to an activating group) is 1. The number of phenols is 1. The number of anilines is 1. The number of phenolic OH excluding ortho intramolecular Hbond substituents is 1. The molecule has 0 spiro atoms. The summed E-state index contributed by atoms with van der Waals surface area (Å²) in [6, 6.07) is 8.97. The summed E-state index contributed by atoms with van der Waals surface area (Å²) in [6.07, 6.45) is 4.00. The molecule has 1 amide bonds. The maximum atomic E-state index is 16.7. The Bertz CT molecular complexity index is 1720. The second-order valence-corrected chi connectivity index (χ2v) is 12.4. The Balaban J connectivity index is 1.32. The fourth-order valence-electron chi connectivity index (χ4n) is 7.38. The molecule has 7 rings (SSSR count). The number of amides is 1. The SMILES string of the molecule is C=C(F)C(=O)N1CCN(c2nc(OC[C@@H]3CCCN3C)nc3c(F)c(-c4cccc5c4CC4CC54)c(O)cc23)C[C@@H]1CC#N. The van der Waals surface area contributed by atoms with Crippen LogP contribution in [0, 0.1) is 23.1 Å². The predicted octanol–water partition coefficient (Wildman–Crippen LogP) is 4.69. The fourth-order valence-corrected chi connectivity index (χ4v) is 7.38. The highest BCUT2D eigenvalue weighted by Gasteiger charge is 2.46. The summed E-state index contributed by atoms with van der Waals surface area (Å²) in [5.41, 5.74) is 3.11. The summed E-state index contributed by atoms with van der Waals surface area (Å²) in [5, 5.41) is 21.1. The van der Waals surface area contributed by atoms with Gasteiger partial charge in [-0.2, -0.15) is 15.2 Å². The molecule has 0 bridgehead atoms. The molecule has 1 N–H and O–H groups in total. The molecule has 3 aromatic rings. The molecule has 3 fully saturated rings. The number of likely N-dealkylation sites (tertiary alicyclic amines) is 1. The number of rotatable bonds is 7. The van der Waals surface area contributed by atoms with E-state index in [0.29, 0.717) is 29.8 Å². The third-order valence-electron chi connectivity index (χ3n) is 9.82. The van der Waals surface area contributed by atoms with Crippen LogP contribution in [0.2, 0.25) is 0 Å². The minimum atomic E-state index is -1.09. The Kier molecular flexibility index (Phi) is 7.12. The van der Waals surface area contributed by atoms with Crippen molar-refractivity contribution in [2.75, 3.05) is 44.7 Å². The molecular formula is C33H34F2N6O3. The van der Waals surface area contributed by atoms with Gasteiger partial charge in [-0.15, -0.1) is 0 Å². The summed E-state index contributed by atoms with van der Waals surface area (Å²) in [6.45, 7) is 4.91. The Morgan fingerprint density at radius 1 is 1.25 bits per heavy atom. The number of piperazine rings is 1. The van der Waals surface area contributed by atoms with E-state index >= 15 is 4.39 Å². The zero-order chi connectivity index (χ0) is 30.7. The zero-order valence-electron chi connectivity index (χ0n) is 24.6. The van der Waals surface area contributed by atoms with Crippen LogP contribution < -0.4 is 9.64 Å². The topological polar surface area (TPSA) is 106 Å². The number of aromatic hydroxyl groups is 1. The van der Waals surface area contributed by atoms with Crippen LogP contribution in [0.5, 0.6) is 11.8 Å². The smallest absolute Gasteiger partial charge is 0.319 e. The average molecular weight is 601 g/mol. The van der Waals surface area contributed by atoms with Gasteiger partial charge in [0.1, 0.15) is 23.7 Å². The van der Waals surface area contributed by atoms with E-state index in [2.05, 4.69) is 33.6 Å². The van der Waals surface area contributed by atoms with Crippen LogP contribution in [0.25, 0.3) is 22.0 Å². The van der Waals surface area contributed by atoms with E-state index in [4.69, 9.17) is 4.74 Å². The molecule has 2 aliphatic heterocycles. The van der Waals surface area contributed by atoms with Crippen LogP contribution in [0.1, 0.15) is 42.7 Å². The number of benzene rings is 2. The monoisotopic (exact) mass is 600 g/mol.